The zero-order valence-corrected chi connectivity index (χ0v) is 30.4. The van der Waals surface area contributed by atoms with E-state index in [4.69, 9.17) is 4.74 Å². The molecular weight excluding hydrogens is 675 g/mol. The van der Waals surface area contributed by atoms with Gasteiger partial charge in [0.05, 0.1) is 11.6 Å². The van der Waals surface area contributed by atoms with Gasteiger partial charge in [0.25, 0.3) is 5.78 Å². The molecule has 1 aliphatic heterocycles. The molecular formula is C42H37N3O4S2. The fraction of sp³-hybridized carbons (Fsp3) is 0.190. The molecule has 1 fully saturated rings. The summed E-state index contributed by atoms with van der Waals surface area (Å²) in [6.45, 7) is 8.82. The monoisotopic (exact) mass is 711 g/mol. The Hall–Kier alpha value is -5.25. The summed E-state index contributed by atoms with van der Waals surface area (Å²) < 4.78 is 6.67. The van der Waals surface area contributed by atoms with E-state index in [9.17, 15) is 14.7 Å². The summed E-state index contributed by atoms with van der Waals surface area (Å²) in [6, 6.07) is 36.3. The summed E-state index contributed by atoms with van der Waals surface area (Å²) in [7, 11) is 0. The number of carbonyl (C=O) groups excluding carboxylic acids is 2. The molecule has 5 aromatic carbocycles. The van der Waals surface area contributed by atoms with Gasteiger partial charge in [-0.15, -0.1) is 10.2 Å². The van der Waals surface area contributed by atoms with Crippen molar-refractivity contribution < 1.29 is 19.4 Å². The van der Waals surface area contributed by atoms with Gasteiger partial charge in [-0.3, -0.25) is 14.5 Å². The Balaban J connectivity index is 1.20. The lowest BCUT2D eigenvalue weighted by atomic mass is 9.85. The van der Waals surface area contributed by atoms with E-state index in [-0.39, 0.29) is 16.7 Å². The Labute approximate surface area is 305 Å². The van der Waals surface area contributed by atoms with Crippen molar-refractivity contribution in [1.29, 1.82) is 0 Å². The summed E-state index contributed by atoms with van der Waals surface area (Å²) in [5.41, 5.74) is 5.47. The smallest absolute Gasteiger partial charge is 0.301 e. The number of carbonyl (C=O) groups is 2. The van der Waals surface area contributed by atoms with Gasteiger partial charge < -0.3 is 9.84 Å². The molecule has 2 heterocycles. The minimum Gasteiger partial charge on any atom is -0.507 e. The van der Waals surface area contributed by atoms with Crippen LogP contribution in [0, 0.1) is 6.92 Å². The number of aliphatic hydroxyl groups excluding tert-OH is 1. The van der Waals surface area contributed by atoms with Gasteiger partial charge in [0.2, 0.25) is 5.13 Å². The van der Waals surface area contributed by atoms with Crippen LogP contribution in [-0.4, -0.2) is 27.0 Å². The number of aliphatic hydroxyl groups is 1. The first-order valence-corrected chi connectivity index (χ1v) is 18.5. The van der Waals surface area contributed by atoms with Gasteiger partial charge in [-0.25, -0.2) is 0 Å². The molecule has 256 valence electrons. The highest BCUT2D eigenvalue weighted by atomic mass is 32.2. The lowest BCUT2D eigenvalue weighted by molar-refractivity contribution is -0.132. The Kier molecular flexibility index (Phi) is 9.50. The van der Waals surface area contributed by atoms with Crippen molar-refractivity contribution in [1.82, 2.24) is 10.2 Å². The van der Waals surface area contributed by atoms with Crippen LogP contribution < -0.4 is 9.64 Å². The molecule has 1 aromatic heterocycles. The van der Waals surface area contributed by atoms with E-state index in [1.54, 1.807) is 24.3 Å². The quantitative estimate of drug-likeness (QED) is 0.0525. The number of amides is 1. The normalized spacial score (nSPS) is 15.8. The van der Waals surface area contributed by atoms with Gasteiger partial charge in [-0.1, -0.05) is 135 Å². The van der Waals surface area contributed by atoms with E-state index in [0.29, 0.717) is 38.7 Å². The first-order chi connectivity index (χ1) is 24.6. The second-order valence-electron chi connectivity index (χ2n) is 13.6. The second-order valence-corrected chi connectivity index (χ2v) is 15.7. The van der Waals surface area contributed by atoms with E-state index < -0.39 is 17.7 Å². The number of hydrogen-bond donors (Lipinski definition) is 1. The second kappa shape index (κ2) is 14.2. The van der Waals surface area contributed by atoms with Crippen LogP contribution in [0.2, 0.25) is 0 Å². The Bertz CT molecular complexity index is 2270. The fourth-order valence-corrected chi connectivity index (χ4v) is 8.10. The van der Waals surface area contributed by atoms with Gasteiger partial charge in [0.15, 0.2) is 4.34 Å². The first kappa shape index (κ1) is 34.2. The number of Topliss-reactive ketones (excluding diaryl/α,β-unsaturated/α-hetero) is 1. The number of nitrogens with zero attached hydrogens (tertiary/aromatic N) is 3. The van der Waals surface area contributed by atoms with Crippen molar-refractivity contribution in [2.45, 2.75) is 55.9 Å². The van der Waals surface area contributed by atoms with Gasteiger partial charge in [0.1, 0.15) is 18.1 Å². The molecule has 0 bridgehead atoms. The number of benzene rings is 5. The number of aryl methyl sites for hydroxylation is 1. The van der Waals surface area contributed by atoms with E-state index >= 15 is 0 Å². The molecule has 1 saturated heterocycles. The van der Waals surface area contributed by atoms with Gasteiger partial charge >= 0.3 is 5.91 Å². The van der Waals surface area contributed by atoms with Gasteiger partial charge in [0, 0.05) is 11.3 Å². The van der Waals surface area contributed by atoms with Gasteiger partial charge in [-0.2, -0.15) is 0 Å². The van der Waals surface area contributed by atoms with Crippen LogP contribution in [0.1, 0.15) is 60.2 Å². The molecule has 7 rings (SSSR count). The minimum absolute atomic E-state index is 0.00255. The lowest BCUT2D eigenvalue weighted by Crippen LogP contribution is -2.29. The number of aromatic nitrogens is 2. The van der Waals surface area contributed by atoms with Gasteiger partial charge in [-0.05, 0) is 75.2 Å². The molecule has 1 atom stereocenters. The molecule has 0 spiro atoms. The number of ether oxygens (including phenoxy) is 1. The zero-order chi connectivity index (χ0) is 35.7. The van der Waals surface area contributed by atoms with Crippen LogP contribution in [0.4, 0.5) is 5.13 Å². The zero-order valence-electron chi connectivity index (χ0n) is 28.8. The van der Waals surface area contributed by atoms with E-state index in [1.807, 2.05) is 73.7 Å². The number of rotatable bonds is 9. The highest BCUT2D eigenvalue weighted by Gasteiger charge is 2.48. The third-order valence-corrected chi connectivity index (χ3v) is 11.3. The third-order valence-electron chi connectivity index (χ3n) is 9.15. The topological polar surface area (TPSA) is 92.6 Å². The van der Waals surface area contributed by atoms with Crippen molar-refractivity contribution in [2.75, 3.05) is 4.90 Å². The average molecular weight is 712 g/mol. The molecule has 1 amide bonds. The number of fused-ring (bicyclic) bond motifs is 1. The molecule has 0 aliphatic carbocycles. The maximum absolute atomic E-state index is 13.8. The van der Waals surface area contributed by atoms with Crippen molar-refractivity contribution in [3.05, 3.63) is 154 Å². The molecule has 6 aromatic rings. The molecule has 7 nitrogen and oxygen atoms in total. The Morgan fingerprint density at radius 1 is 0.843 bits per heavy atom. The largest absolute Gasteiger partial charge is 0.507 e. The van der Waals surface area contributed by atoms with Crippen LogP contribution >= 0.6 is 23.1 Å². The minimum atomic E-state index is -0.903. The van der Waals surface area contributed by atoms with Crippen molar-refractivity contribution in [2.24, 2.45) is 0 Å². The number of anilines is 1. The fourth-order valence-electron chi connectivity index (χ4n) is 6.22. The number of hydrogen-bond acceptors (Lipinski definition) is 8. The summed E-state index contributed by atoms with van der Waals surface area (Å²) in [5.74, 6) is -0.524. The Morgan fingerprint density at radius 3 is 2.27 bits per heavy atom. The molecule has 51 heavy (non-hydrogen) atoms. The van der Waals surface area contributed by atoms with E-state index in [1.165, 1.54) is 44.3 Å². The highest BCUT2D eigenvalue weighted by Crippen LogP contribution is 2.44. The molecule has 0 radical (unpaired) electrons. The van der Waals surface area contributed by atoms with Crippen molar-refractivity contribution >= 4 is 56.5 Å². The maximum atomic E-state index is 13.8. The predicted octanol–water partition coefficient (Wildman–Crippen LogP) is 9.79. The summed E-state index contributed by atoms with van der Waals surface area (Å²) in [5, 5.41) is 23.2. The number of thioether (sulfide) groups is 1. The van der Waals surface area contributed by atoms with E-state index in [2.05, 4.69) is 55.2 Å². The summed E-state index contributed by atoms with van der Waals surface area (Å²) in [6.07, 6.45) is 0. The van der Waals surface area contributed by atoms with Crippen LogP contribution in [0.5, 0.6) is 5.75 Å². The third kappa shape index (κ3) is 7.04. The molecule has 1 aliphatic rings. The van der Waals surface area contributed by atoms with Crippen LogP contribution in [-0.2, 0) is 27.4 Å². The highest BCUT2D eigenvalue weighted by molar-refractivity contribution is 8.00. The Morgan fingerprint density at radius 2 is 1.53 bits per heavy atom. The van der Waals surface area contributed by atoms with Crippen LogP contribution in [0.15, 0.2) is 125 Å². The molecule has 0 saturated carbocycles. The summed E-state index contributed by atoms with van der Waals surface area (Å²) >= 11 is 2.78. The molecule has 1 N–H and O–H groups in total. The van der Waals surface area contributed by atoms with Crippen molar-refractivity contribution in [3.8, 4) is 5.75 Å². The maximum Gasteiger partial charge on any atom is 0.301 e. The SMILES string of the molecule is Cc1ccccc1COc1ccc(C(O)=C2C(=O)C(=O)N(c3nnc(SCc4cccc5ccccc45)s3)C2c2ccc(C(C)(C)C)cc2)cc1. The first-order valence-electron chi connectivity index (χ1n) is 16.7. The van der Waals surface area contributed by atoms with Crippen LogP contribution in [0.3, 0.4) is 0 Å². The lowest BCUT2D eigenvalue weighted by Gasteiger charge is -2.24. The number of ketones is 1. The van der Waals surface area contributed by atoms with Crippen molar-refractivity contribution in [3.63, 3.8) is 0 Å². The summed E-state index contributed by atoms with van der Waals surface area (Å²) in [4.78, 5) is 29.0. The standard InChI is InChI=1S/C42H37N3O4S2/c1-26-10-5-6-12-30(26)24-49-33-22-18-29(19-23-33)37(46)35-36(28-16-20-32(21-17-28)42(2,3)4)45(39(48)38(35)47)40-43-44-41(51-40)50-25-31-14-9-13-27-11-7-8-15-34(27)31/h5-23,36,46H,24-25H2,1-4H3. The molecule has 9 heteroatoms. The van der Waals surface area contributed by atoms with Crippen LogP contribution in [0.25, 0.3) is 16.5 Å². The molecule has 1 unspecified atom stereocenters. The average Bonchev–Trinajstić information content (AvgIpc) is 3.71. The van der Waals surface area contributed by atoms with E-state index in [0.717, 1.165) is 16.7 Å². The predicted molar refractivity (Wildman–Crippen MR) is 205 cm³/mol.